The molecule has 0 radical (unpaired) electrons. The molecule has 148 valence electrons. The van der Waals surface area contributed by atoms with E-state index in [1.54, 1.807) is 4.57 Å². The van der Waals surface area contributed by atoms with Crippen LogP contribution in [-0.4, -0.2) is 21.1 Å². The Morgan fingerprint density at radius 1 is 1.19 bits per heavy atom. The van der Waals surface area contributed by atoms with Gasteiger partial charge < -0.3 is 5.32 Å². The fourth-order valence-electron chi connectivity index (χ4n) is 3.86. The lowest BCUT2D eigenvalue weighted by Gasteiger charge is -2.23. The first-order valence-corrected chi connectivity index (χ1v) is 10.9. The Hall–Kier alpha value is -1.89. The van der Waals surface area contributed by atoms with Gasteiger partial charge in [-0.25, -0.2) is 4.79 Å². The molecule has 0 bridgehead atoms. The van der Waals surface area contributed by atoms with Gasteiger partial charge in [0.05, 0.1) is 5.39 Å². The molecule has 3 rings (SSSR count). The predicted molar refractivity (Wildman–Crippen MR) is 110 cm³/mol. The second-order valence-corrected chi connectivity index (χ2v) is 8.39. The Bertz CT molecular complexity index is 919. The highest BCUT2D eigenvalue weighted by atomic mass is 32.1. The van der Waals surface area contributed by atoms with E-state index in [1.165, 1.54) is 17.8 Å². The van der Waals surface area contributed by atoms with E-state index in [2.05, 4.69) is 12.2 Å². The summed E-state index contributed by atoms with van der Waals surface area (Å²) in [7, 11) is 0. The molecule has 6 nitrogen and oxygen atoms in total. The van der Waals surface area contributed by atoms with Crippen molar-refractivity contribution < 1.29 is 4.79 Å². The van der Waals surface area contributed by atoms with Gasteiger partial charge in [0.15, 0.2) is 0 Å². The molecule has 1 aliphatic rings. The summed E-state index contributed by atoms with van der Waals surface area (Å²) in [6, 6.07) is 0.167. The van der Waals surface area contributed by atoms with Gasteiger partial charge in [0.1, 0.15) is 11.4 Å². The van der Waals surface area contributed by atoms with Gasteiger partial charge in [-0.1, -0.05) is 39.0 Å². The molecule has 27 heavy (non-hydrogen) atoms. The third kappa shape index (κ3) is 4.34. The van der Waals surface area contributed by atoms with Crippen molar-refractivity contribution in [2.45, 2.75) is 84.3 Å². The van der Waals surface area contributed by atoms with Gasteiger partial charge in [0.2, 0.25) is 5.91 Å². The molecule has 0 atom stereocenters. The third-order valence-electron chi connectivity index (χ3n) is 5.38. The number of aryl methyl sites for hydroxylation is 2. The molecule has 2 aromatic rings. The predicted octanol–water partition coefficient (Wildman–Crippen LogP) is 3.17. The average molecular weight is 392 g/mol. The van der Waals surface area contributed by atoms with Crippen LogP contribution < -0.4 is 16.6 Å². The molecule has 2 heterocycles. The average Bonchev–Trinajstić information content (AvgIpc) is 3.04. The molecule has 0 spiro atoms. The number of thiophene rings is 1. The first kappa shape index (κ1) is 19.9. The molecular formula is C20H29N3O3S. The molecule has 1 fully saturated rings. The van der Waals surface area contributed by atoms with Crippen molar-refractivity contribution in [1.82, 2.24) is 14.5 Å². The van der Waals surface area contributed by atoms with E-state index in [1.807, 2.05) is 12.3 Å². The van der Waals surface area contributed by atoms with Crippen molar-refractivity contribution in [1.29, 1.82) is 0 Å². The fourth-order valence-corrected chi connectivity index (χ4v) is 4.93. The van der Waals surface area contributed by atoms with E-state index < -0.39 is 0 Å². The van der Waals surface area contributed by atoms with Gasteiger partial charge in [-0.05, 0) is 37.1 Å². The number of unbranched alkanes of at least 4 members (excludes halogenated alkanes) is 2. The molecule has 0 aromatic carbocycles. The topological polar surface area (TPSA) is 73.1 Å². The normalized spacial score (nSPS) is 15.3. The van der Waals surface area contributed by atoms with Gasteiger partial charge in [-0.15, -0.1) is 11.3 Å². The largest absolute Gasteiger partial charge is 0.352 e. The number of rotatable bonds is 7. The number of fused-ring (bicyclic) bond motifs is 1. The lowest BCUT2D eigenvalue weighted by atomic mass is 9.95. The summed E-state index contributed by atoms with van der Waals surface area (Å²) < 4.78 is 2.80. The lowest BCUT2D eigenvalue weighted by Crippen LogP contribution is -2.45. The van der Waals surface area contributed by atoms with Crippen molar-refractivity contribution >= 4 is 27.5 Å². The summed E-state index contributed by atoms with van der Waals surface area (Å²) in [6.07, 6.45) is 8.38. The molecule has 0 aliphatic heterocycles. The zero-order chi connectivity index (χ0) is 19.4. The minimum absolute atomic E-state index is 0.167. The van der Waals surface area contributed by atoms with Crippen LogP contribution in [0.15, 0.2) is 15.0 Å². The number of nitrogens with one attached hydrogen (secondary N) is 1. The van der Waals surface area contributed by atoms with E-state index in [-0.39, 0.29) is 29.7 Å². The van der Waals surface area contributed by atoms with E-state index in [4.69, 9.17) is 0 Å². The van der Waals surface area contributed by atoms with Crippen molar-refractivity contribution in [2.24, 2.45) is 0 Å². The van der Waals surface area contributed by atoms with Crippen LogP contribution in [0.3, 0.4) is 0 Å². The first-order valence-electron chi connectivity index (χ1n) is 10.0. The van der Waals surface area contributed by atoms with Gasteiger partial charge >= 0.3 is 5.69 Å². The molecule has 0 saturated heterocycles. The van der Waals surface area contributed by atoms with E-state index in [9.17, 15) is 14.4 Å². The maximum atomic E-state index is 13.0. The summed E-state index contributed by atoms with van der Waals surface area (Å²) in [4.78, 5) is 39.1. The summed E-state index contributed by atoms with van der Waals surface area (Å²) in [6.45, 7) is 4.37. The second kappa shape index (κ2) is 8.87. The van der Waals surface area contributed by atoms with Crippen LogP contribution in [0.25, 0.3) is 10.2 Å². The Morgan fingerprint density at radius 3 is 2.63 bits per heavy atom. The maximum absolute atomic E-state index is 13.0. The van der Waals surface area contributed by atoms with Crippen molar-refractivity contribution in [2.75, 3.05) is 0 Å². The number of carbonyl (C=O) groups is 1. The van der Waals surface area contributed by atoms with Crippen LogP contribution >= 0.6 is 11.3 Å². The molecule has 1 saturated carbocycles. The number of hydrogen-bond donors (Lipinski definition) is 1. The summed E-state index contributed by atoms with van der Waals surface area (Å²) in [5.74, 6) is -0.242. The number of aromatic nitrogens is 2. The van der Waals surface area contributed by atoms with Crippen LogP contribution in [-0.2, 0) is 17.9 Å². The van der Waals surface area contributed by atoms with E-state index in [0.29, 0.717) is 11.9 Å². The highest BCUT2D eigenvalue weighted by Crippen LogP contribution is 2.21. The Labute approximate surface area is 163 Å². The number of nitrogens with zero attached hydrogens (tertiary/aromatic N) is 2. The fraction of sp³-hybridized carbons (Fsp3) is 0.650. The summed E-state index contributed by atoms with van der Waals surface area (Å²) in [5, 5.41) is 5.49. The first-order chi connectivity index (χ1) is 13.0. The molecule has 7 heteroatoms. The highest BCUT2D eigenvalue weighted by molar-refractivity contribution is 7.17. The zero-order valence-corrected chi connectivity index (χ0v) is 17.1. The van der Waals surface area contributed by atoms with E-state index >= 15 is 0 Å². The highest BCUT2D eigenvalue weighted by Gasteiger charge is 2.20. The van der Waals surface area contributed by atoms with Crippen molar-refractivity contribution in [3.63, 3.8) is 0 Å². The molecule has 1 amide bonds. The minimum Gasteiger partial charge on any atom is -0.352 e. The van der Waals surface area contributed by atoms with Gasteiger partial charge in [-0.3, -0.25) is 18.7 Å². The molecule has 0 unspecified atom stereocenters. The smallest absolute Gasteiger partial charge is 0.332 e. The van der Waals surface area contributed by atoms with Crippen LogP contribution in [0.4, 0.5) is 0 Å². The van der Waals surface area contributed by atoms with Gasteiger partial charge in [0, 0.05) is 12.6 Å². The zero-order valence-electron chi connectivity index (χ0n) is 16.3. The Morgan fingerprint density at radius 2 is 1.93 bits per heavy atom. The Kier molecular flexibility index (Phi) is 6.52. The number of amides is 1. The quantitative estimate of drug-likeness (QED) is 0.737. The molecule has 2 aromatic heterocycles. The van der Waals surface area contributed by atoms with Crippen LogP contribution in [0.1, 0.15) is 63.9 Å². The van der Waals surface area contributed by atoms with Crippen LogP contribution in [0.5, 0.6) is 0 Å². The van der Waals surface area contributed by atoms with Crippen molar-refractivity contribution in [3.05, 3.63) is 31.8 Å². The summed E-state index contributed by atoms with van der Waals surface area (Å²) >= 11 is 1.43. The van der Waals surface area contributed by atoms with Crippen LogP contribution in [0.2, 0.25) is 0 Å². The molecule has 1 aliphatic carbocycles. The minimum atomic E-state index is -0.371. The van der Waals surface area contributed by atoms with E-state index in [0.717, 1.165) is 59.9 Å². The monoisotopic (exact) mass is 391 g/mol. The SMILES string of the molecule is CCCCCn1c(=O)n(CC(=O)NC2CCCCC2)c(=O)c2c(C)csc21. The maximum Gasteiger partial charge on any atom is 0.332 e. The standard InChI is InChI=1S/C20H29N3O3S/c1-3-4-8-11-22-19-17(14(2)13-27-19)18(25)23(20(22)26)12-16(24)21-15-9-6-5-7-10-15/h13,15H,3-12H2,1-2H3,(H,21,24). The number of carbonyl (C=O) groups excluding carboxylic acids is 1. The van der Waals surface area contributed by atoms with Crippen LogP contribution in [0, 0.1) is 6.92 Å². The van der Waals surface area contributed by atoms with Crippen molar-refractivity contribution in [3.8, 4) is 0 Å². The van der Waals surface area contributed by atoms with Gasteiger partial charge in [-0.2, -0.15) is 0 Å². The third-order valence-corrected chi connectivity index (χ3v) is 6.50. The molecule has 1 N–H and O–H groups in total. The Balaban J connectivity index is 1.91. The van der Waals surface area contributed by atoms with Gasteiger partial charge in [0.25, 0.3) is 5.56 Å². The second-order valence-electron chi connectivity index (χ2n) is 7.53. The number of hydrogen-bond acceptors (Lipinski definition) is 4. The summed E-state index contributed by atoms with van der Waals surface area (Å²) in [5.41, 5.74) is 0.147. The molecular weight excluding hydrogens is 362 g/mol. The lowest BCUT2D eigenvalue weighted by molar-refractivity contribution is -0.122.